The van der Waals surface area contributed by atoms with Crippen molar-refractivity contribution in [2.24, 2.45) is 0 Å². The van der Waals surface area contributed by atoms with Crippen molar-refractivity contribution in [1.82, 2.24) is 15.0 Å². The lowest BCUT2D eigenvalue weighted by Gasteiger charge is -2.29. The molecule has 0 atom stereocenters. The van der Waals surface area contributed by atoms with Crippen LogP contribution in [-0.4, -0.2) is 40.6 Å². The minimum atomic E-state index is 0.0278. The Kier molecular flexibility index (Phi) is 5.95. The maximum atomic E-state index is 12.5. The Hall–Kier alpha value is -2.99. The summed E-state index contributed by atoms with van der Waals surface area (Å²) in [7, 11) is 0. The summed E-state index contributed by atoms with van der Waals surface area (Å²) in [6, 6.07) is 14.1. The van der Waals surface area contributed by atoms with Crippen molar-refractivity contribution in [1.29, 1.82) is 0 Å². The largest absolute Gasteiger partial charge is 0.339 e. The van der Waals surface area contributed by atoms with E-state index < -0.39 is 0 Å². The molecular weight excluding hydrogens is 376 g/mol. The molecule has 0 saturated carbocycles. The van der Waals surface area contributed by atoms with Gasteiger partial charge in [0, 0.05) is 17.2 Å². The number of nitrogens with one attached hydrogen (secondary N) is 1. The summed E-state index contributed by atoms with van der Waals surface area (Å²) in [5.41, 5.74) is 5.31. The van der Waals surface area contributed by atoms with Gasteiger partial charge in [-0.05, 0) is 63.9 Å². The van der Waals surface area contributed by atoms with E-state index in [9.17, 15) is 4.79 Å². The van der Waals surface area contributed by atoms with Gasteiger partial charge < -0.3 is 9.84 Å². The fraction of sp³-hybridized carbons (Fsp3) is 0.375. The van der Waals surface area contributed by atoms with Crippen molar-refractivity contribution in [2.45, 2.75) is 39.5 Å². The fourth-order valence-electron chi connectivity index (χ4n) is 4.02. The van der Waals surface area contributed by atoms with Crippen molar-refractivity contribution in [2.75, 3.05) is 25.0 Å². The van der Waals surface area contributed by atoms with Crippen molar-refractivity contribution >= 4 is 11.6 Å². The second kappa shape index (κ2) is 8.79. The van der Waals surface area contributed by atoms with Crippen LogP contribution in [0, 0.1) is 20.8 Å². The normalized spacial score (nSPS) is 15.3. The van der Waals surface area contributed by atoms with Crippen LogP contribution in [0.2, 0.25) is 0 Å². The van der Waals surface area contributed by atoms with Gasteiger partial charge in [0.15, 0.2) is 0 Å². The van der Waals surface area contributed by atoms with Gasteiger partial charge in [-0.15, -0.1) is 0 Å². The molecule has 4 rings (SSSR count). The summed E-state index contributed by atoms with van der Waals surface area (Å²) in [6.45, 7) is 8.20. The Balaban J connectivity index is 1.31. The molecule has 0 aliphatic carbocycles. The van der Waals surface area contributed by atoms with E-state index in [1.165, 1.54) is 5.56 Å². The molecule has 1 amide bonds. The lowest BCUT2D eigenvalue weighted by atomic mass is 9.96. The average Bonchev–Trinajstić information content (AvgIpc) is 3.21. The quantitative estimate of drug-likeness (QED) is 0.679. The molecule has 1 aliphatic heterocycles. The molecule has 1 N–H and O–H groups in total. The monoisotopic (exact) mass is 404 g/mol. The molecule has 2 heterocycles. The van der Waals surface area contributed by atoms with E-state index in [1.54, 1.807) is 0 Å². The van der Waals surface area contributed by atoms with E-state index in [1.807, 2.05) is 50.2 Å². The van der Waals surface area contributed by atoms with Crippen molar-refractivity contribution < 1.29 is 9.32 Å². The zero-order valence-corrected chi connectivity index (χ0v) is 17.8. The van der Waals surface area contributed by atoms with Gasteiger partial charge in [-0.3, -0.25) is 9.69 Å². The molecule has 1 saturated heterocycles. The molecule has 6 nitrogen and oxygen atoms in total. The van der Waals surface area contributed by atoms with Gasteiger partial charge >= 0.3 is 0 Å². The molecule has 3 aromatic rings. The van der Waals surface area contributed by atoms with Crippen LogP contribution in [0.3, 0.4) is 0 Å². The van der Waals surface area contributed by atoms with Crippen LogP contribution in [0.15, 0.2) is 47.0 Å². The van der Waals surface area contributed by atoms with Gasteiger partial charge in [0.05, 0.1) is 6.54 Å². The summed E-state index contributed by atoms with van der Waals surface area (Å²) in [5.74, 6) is 1.62. The van der Waals surface area contributed by atoms with E-state index in [2.05, 4.69) is 33.3 Å². The Labute approximate surface area is 177 Å². The summed E-state index contributed by atoms with van der Waals surface area (Å²) in [5, 5.41) is 7.22. The molecule has 1 fully saturated rings. The van der Waals surface area contributed by atoms with Crippen molar-refractivity contribution in [3.8, 4) is 11.4 Å². The number of carbonyl (C=O) groups excluding carboxylic acids is 1. The Morgan fingerprint density at radius 1 is 1.10 bits per heavy atom. The lowest BCUT2D eigenvalue weighted by Crippen LogP contribution is -2.38. The third-order valence-corrected chi connectivity index (χ3v) is 5.79. The third kappa shape index (κ3) is 4.60. The number of benzene rings is 2. The highest BCUT2D eigenvalue weighted by Crippen LogP contribution is 2.29. The highest BCUT2D eigenvalue weighted by molar-refractivity contribution is 5.93. The number of likely N-dealkylation sites (tertiary alicyclic amines) is 1. The number of nitrogens with zero attached hydrogens (tertiary/aromatic N) is 3. The van der Waals surface area contributed by atoms with Gasteiger partial charge in [-0.2, -0.15) is 4.98 Å². The van der Waals surface area contributed by atoms with E-state index in [0.29, 0.717) is 18.3 Å². The van der Waals surface area contributed by atoms with Crippen molar-refractivity contribution in [3.63, 3.8) is 0 Å². The summed E-state index contributed by atoms with van der Waals surface area (Å²) < 4.78 is 5.57. The smallest absolute Gasteiger partial charge is 0.238 e. The van der Waals surface area contributed by atoms with E-state index in [4.69, 9.17) is 4.52 Å². The molecule has 0 bridgehead atoms. The Bertz CT molecular complexity index is 1040. The number of anilines is 1. The highest BCUT2D eigenvalue weighted by atomic mass is 16.5. The molecule has 30 heavy (non-hydrogen) atoms. The van der Waals surface area contributed by atoms with Gasteiger partial charge in [0.2, 0.25) is 17.6 Å². The van der Waals surface area contributed by atoms with E-state index in [0.717, 1.165) is 48.3 Å². The first kappa shape index (κ1) is 20.3. The summed E-state index contributed by atoms with van der Waals surface area (Å²) >= 11 is 0. The highest BCUT2D eigenvalue weighted by Gasteiger charge is 2.26. The molecule has 1 aliphatic rings. The minimum Gasteiger partial charge on any atom is -0.339 e. The molecular formula is C24H28N4O2. The van der Waals surface area contributed by atoms with Crippen LogP contribution in [0.25, 0.3) is 11.4 Å². The van der Waals surface area contributed by atoms with E-state index >= 15 is 0 Å². The minimum absolute atomic E-state index is 0.0278. The zero-order chi connectivity index (χ0) is 21.1. The van der Waals surface area contributed by atoms with Crippen LogP contribution in [0.4, 0.5) is 5.69 Å². The Morgan fingerprint density at radius 3 is 2.60 bits per heavy atom. The summed E-state index contributed by atoms with van der Waals surface area (Å²) in [6.07, 6.45) is 1.82. The topological polar surface area (TPSA) is 71.3 Å². The first-order valence-corrected chi connectivity index (χ1v) is 10.5. The third-order valence-electron chi connectivity index (χ3n) is 5.79. The number of carbonyl (C=O) groups is 1. The molecule has 156 valence electrons. The molecule has 0 spiro atoms. The standard InChI is InChI=1S/C24H28N4O2/c1-16-8-9-21(18(3)14-16)25-22(29)15-28-12-10-19(11-13-28)24-26-23(27-30-24)20-7-5-4-6-17(20)2/h4-9,14,19H,10-13,15H2,1-3H3,(H,25,29). The first-order chi connectivity index (χ1) is 14.5. The number of amides is 1. The van der Waals surface area contributed by atoms with Gasteiger partial charge in [0.25, 0.3) is 0 Å². The second-order valence-corrected chi connectivity index (χ2v) is 8.19. The van der Waals surface area contributed by atoms with E-state index in [-0.39, 0.29) is 11.8 Å². The first-order valence-electron chi connectivity index (χ1n) is 10.5. The SMILES string of the molecule is Cc1ccc(NC(=O)CN2CCC(c3nc(-c4ccccc4C)no3)CC2)c(C)c1. The zero-order valence-electron chi connectivity index (χ0n) is 17.8. The number of aryl methyl sites for hydroxylation is 3. The number of aromatic nitrogens is 2. The number of piperidine rings is 1. The van der Waals surface area contributed by atoms with Crippen LogP contribution in [0.5, 0.6) is 0 Å². The molecule has 0 unspecified atom stereocenters. The second-order valence-electron chi connectivity index (χ2n) is 8.19. The van der Waals surface area contributed by atoms with Crippen LogP contribution < -0.4 is 5.32 Å². The van der Waals surface area contributed by atoms with Crippen LogP contribution >= 0.6 is 0 Å². The predicted octanol–water partition coefficient (Wildman–Crippen LogP) is 4.48. The molecule has 1 aromatic heterocycles. The average molecular weight is 405 g/mol. The Morgan fingerprint density at radius 2 is 1.87 bits per heavy atom. The molecule has 2 aromatic carbocycles. The van der Waals surface area contributed by atoms with Gasteiger partial charge in [-0.1, -0.05) is 47.1 Å². The number of hydrogen-bond donors (Lipinski definition) is 1. The van der Waals surface area contributed by atoms with Gasteiger partial charge in [0.1, 0.15) is 0 Å². The summed E-state index contributed by atoms with van der Waals surface area (Å²) in [4.78, 5) is 19.3. The maximum absolute atomic E-state index is 12.5. The van der Waals surface area contributed by atoms with Crippen LogP contribution in [0.1, 0.15) is 41.3 Å². The number of hydrogen-bond acceptors (Lipinski definition) is 5. The van der Waals surface area contributed by atoms with Crippen LogP contribution in [-0.2, 0) is 4.79 Å². The van der Waals surface area contributed by atoms with Gasteiger partial charge in [-0.25, -0.2) is 0 Å². The lowest BCUT2D eigenvalue weighted by molar-refractivity contribution is -0.117. The number of rotatable bonds is 5. The van der Waals surface area contributed by atoms with Crippen molar-refractivity contribution in [3.05, 3.63) is 65.0 Å². The predicted molar refractivity (Wildman–Crippen MR) is 117 cm³/mol. The fourth-order valence-corrected chi connectivity index (χ4v) is 4.02. The maximum Gasteiger partial charge on any atom is 0.238 e. The molecule has 0 radical (unpaired) electrons. The molecule has 6 heteroatoms.